The lowest BCUT2D eigenvalue weighted by molar-refractivity contribution is -0.385. The number of fused-ring (bicyclic) bond motifs is 1. The number of rotatable bonds is 5. The number of aromatic amines is 1. The van der Waals surface area contributed by atoms with Gasteiger partial charge in [0.1, 0.15) is 10.6 Å². The molecule has 0 atom stereocenters. The first-order valence-corrected chi connectivity index (χ1v) is 8.18. The number of hydrogen-bond donors (Lipinski definition) is 2. The highest BCUT2D eigenvalue weighted by Crippen LogP contribution is 2.31. The first-order chi connectivity index (χ1) is 11.4. The summed E-state index contributed by atoms with van der Waals surface area (Å²) in [7, 11) is -2.82. The molecule has 0 radical (unpaired) electrons. The van der Waals surface area contributed by atoms with E-state index in [2.05, 4.69) is 14.9 Å². The fourth-order valence-corrected chi connectivity index (χ4v) is 3.50. The molecule has 9 nitrogen and oxygen atoms in total. The summed E-state index contributed by atoms with van der Waals surface area (Å²) in [6.07, 6.45) is 1.56. The van der Waals surface area contributed by atoms with E-state index in [0.717, 1.165) is 11.5 Å². The van der Waals surface area contributed by atoms with Crippen molar-refractivity contribution in [2.45, 2.75) is 4.90 Å². The number of non-ortho nitro benzene ring substituents is 1. The number of para-hydroxylation sites is 1. The Morgan fingerprint density at radius 3 is 2.79 bits per heavy atom. The summed E-state index contributed by atoms with van der Waals surface area (Å²) in [5, 5.41) is 18.2. The Labute approximate surface area is 136 Å². The normalized spacial score (nSPS) is 11.4. The van der Waals surface area contributed by atoms with Gasteiger partial charge in [0.05, 0.1) is 29.4 Å². The van der Waals surface area contributed by atoms with E-state index >= 15 is 0 Å². The molecular weight excluding hydrogens is 336 g/mol. The highest BCUT2D eigenvalue weighted by Gasteiger charge is 2.24. The van der Waals surface area contributed by atoms with Crippen molar-refractivity contribution in [3.8, 4) is 5.75 Å². The Hall–Kier alpha value is -3.14. The fraction of sp³-hybridized carbons (Fsp3) is 0.0714. The maximum Gasteiger partial charge on any atom is 0.271 e. The molecule has 10 heteroatoms. The number of nitrogens with one attached hydrogen (secondary N) is 2. The SMILES string of the molecule is COc1ccc([N+](=O)[O-])cc1S(=O)(=O)Nc1cccc2cn[nH]c12. The monoisotopic (exact) mass is 348 g/mol. The molecule has 124 valence electrons. The Balaban J connectivity index is 2.09. The van der Waals surface area contributed by atoms with E-state index in [1.54, 1.807) is 24.4 Å². The average Bonchev–Trinajstić information content (AvgIpc) is 3.03. The van der Waals surface area contributed by atoms with Gasteiger partial charge in [0, 0.05) is 17.5 Å². The highest BCUT2D eigenvalue weighted by atomic mass is 32.2. The van der Waals surface area contributed by atoms with Crippen molar-refractivity contribution in [1.29, 1.82) is 0 Å². The predicted molar refractivity (Wildman–Crippen MR) is 86.6 cm³/mol. The smallest absolute Gasteiger partial charge is 0.271 e. The molecule has 24 heavy (non-hydrogen) atoms. The Morgan fingerprint density at radius 1 is 1.29 bits per heavy atom. The minimum Gasteiger partial charge on any atom is -0.495 e. The third-order valence-electron chi connectivity index (χ3n) is 3.37. The largest absolute Gasteiger partial charge is 0.495 e. The van der Waals surface area contributed by atoms with Crippen molar-refractivity contribution in [2.75, 3.05) is 11.8 Å². The zero-order valence-electron chi connectivity index (χ0n) is 12.4. The van der Waals surface area contributed by atoms with Crippen LogP contribution in [0.2, 0.25) is 0 Å². The molecule has 3 aromatic rings. The molecule has 0 aliphatic carbocycles. The van der Waals surface area contributed by atoms with Crippen LogP contribution in [0.5, 0.6) is 5.75 Å². The van der Waals surface area contributed by atoms with Crippen LogP contribution in [0.25, 0.3) is 10.9 Å². The molecule has 0 fully saturated rings. The van der Waals surface area contributed by atoms with Crippen LogP contribution in [0.1, 0.15) is 0 Å². The van der Waals surface area contributed by atoms with Gasteiger partial charge in [-0.25, -0.2) is 8.42 Å². The third-order valence-corrected chi connectivity index (χ3v) is 4.76. The van der Waals surface area contributed by atoms with Gasteiger partial charge in [0.15, 0.2) is 0 Å². The molecule has 3 rings (SSSR count). The number of sulfonamides is 1. The van der Waals surface area contributed by atoms with E-state index in [-0.39, 0.29) is 22.0 Å². The predicted octanol–water partition coefficient (Wildman–Crippen LogP) is 2.28. The first kappa shape index (κ1) is 15.7. The van der Waals surface area contributed by atoms with Gasteiger partial charge >= 0.3 is 0 Å². The van der Waals surface area contributed by atoms with Gasteiger partial charge in [-0.05, 0) is 12.1 Å². The summed E-state index contributed by atoms with van der Waals surface area (Å²) in [4.78, 5) is 9.92. The van der Waals surface area contributed by atoms with Crippen molar-refractivity contribution in [1.82, 2.24) is 10.2 Å². The molecule has 1 heterocycles. The van der Waals surface area contributed by atoms with Gasteiger partial charge in [0.2, 0.25) is 0 Å². The quantitative estimate of drug-likeness (QED) is 0.538. The maximum atomic E-state index is 12.7. The molecule has 0 aliphatic heterocycles. The number of nitrogens with zero attached hydrogens (tertiary/aromatic N) is 2. The second-order valence-corrected chi connectivity index (χ2v) is 6.49. The maximum absolute atomic E-state index is 12.7. The molecule has 0 saturated heterocycles. The summed E-state index contributed by atoms with van der Waals surface area (Å²) in [5.74, 6) is 0.00452. The first-order valence-electron chi connectivity index (χ1n) is 6.70. The molecular formula is C14H12N4O5S. The molecule has 0 aliphatic rings. The number of hydrogen-bond acceptors (Lipinski definition) is 6. The second kappa shape index (κ2) is 5.81. The van der Waals surface area contributed by atoms with Gasteiger partial charge < -0.3 is 4.74 Å². The van der Waals surface area contributed by atoms with Crippen molar-refractivity contribution < 1.29 is 18.1 Å². The van der Waals surface area contributed by atoms with Gasteiger partial charge in [-0.3, -0.25) is 19.9 Å². The number of H-pyrrole nitrogens is 1. The molecule has 0 spiro atoms. The molecule has 0 saturated carbocycles. The van der Waals surface area contributed by atoms with Crippen LogP contribution in [-0.4, -0.2) is 30.6 Å². The van der Waals surface area contributed by atoms with Crippen LogP contribution in [0, 0.1) is 10.1 Å². The zero-order valence-corrected chi connectivity index (χ0v) is 13.2. The number of anilines is 1. The molecule has 0 bridgehead atoms. The van der Waals surface area contributed by atoms with Crippen molar-refractivity contribution in [3.63, 3.8) is 0 Å². The topological polar surface area (TPSA) is 127 Å². The van der Waals surface area contributed by atoms with Gasteiger partial charge in [0.25, 0.3) is 15.7 Å². The van der Waals surface area contributed by atoms with Crippen LogP contribution in [0.15, 0.2) is 47.5 Å². The van der Waals surface area contributed by atoms with Crippen LogP contribution in [0.4, 0.5) is 11.4 Å². The minimum atomic E-state index is -4.11. The summed E-state index contributed by atoms with van der Waals surface area (Å²) in [6.45, 7) is 0. The van der Waals surface area contributed by atoms with E-state index in [1.807, 2.05) is 0 Å². The van der Waals surface area contributed by atoms with Crippen LogP contribution in [0.3, 0.4) is 0 Å². The van der Waals surface area contributed by atoms with E-state index < -0.39 is 14.9 Å². The van der Waals surface area contributed by atoms with Gasteiger partial charge in [-0.2, -0.15) is 5.10 Å². The van der Waals surface area contributed by atoms with Crippen LogP contribution < -0.4 is 9.46 Å². The Bertz CT molecular complexity index is 1030. The molecule has 2 aromatic carbocycles. The standard InChI is InChI=1S/C14H12N4O5S/c1-23-12-6-5-10(18(19)20)7-13(12)24(21,22)17-11-4-2-3-9-8-15-16-14(9)11/h2-8,17H,1H3,(H,15,16). The van der Waals surface area contributed by atoms with E-state index in [9.17, 15) is 18.5 Å². The number of benzene rings is 2. The van der Waals surface area contributed by atoms with Crippen LogP contribution >= 0.6 is 0 Å². The van der Waals surface area contributed by atoms with E-state index in [0.29, 0.717) is 5.52 Å². The molecule has 2 N–H and O–H groups in total. The number of nitro benzene ring substituents is 1. The summed E-state index contributed by atoms with van der Waals surface area (Å²) < 4.78 is 32.8. The molecule has 0 amide bonds. The summed E-state index contributed by atoms with van der Waals surface area (Å²) >= 11 is 0. The van der Waals surface area contributed by atoms with E-state index in [1.165, 1.54) is 19.2 Å². The fourth-order valence-electron chi connectivity index (χ4n) is 2.24. The lowest BCUT2D eigenvalue weighted by Gasteiger charge is -2.12. The zero-order chi connectivity index (χ0) is 17.3. The number of ether oxygens (including phenoxy) is 1. The summed E-state index contributed by atoms with van der Waals surface area (Å²) in [5.41, 5.74) is 0.431. The lowest BCUT2D eigenvalue weighted by Crippen LogP contribution is -2.14. The van der Waals surface area contributed by atoms with Gasteiger partial charge in [-0.1, -0.05) is 12.1 Å². The van der Waals surface area contributed by atoms with Crippen LogP contribution in [-0.2, 0) is 10.0 Å². The van der Waals surface area contributed by atoms with Crippen molar-refractivity contribution >= 4 is 32.3 Å². The summed E-state index contributed by atoms with van der Waals surface area (Å²) in [6, 6.07) is 8.36. The second-order valence-electron chi connectivity index (χ2n) is 4.84. The van der Waals surface area contributed by atoms with E-state index in [4.69, 9.17) is 4.74 Å². The highest BCUT2D eigenvalue weighted by molar-refractivity contribution is 7.92. The minimum absolute atomic E-state index is 0.00452. The van der Waals surface area contributed by atoms with Crippen molar-refractivity contribution in [2.24, 2.45) is 0 Å². The number of methoxy groups -OCH3 is 1. The number of nitro groups is 1. The Morgan fingerprint density at radius 2 is 2.08 bits per heavy atom. The molecule has 0 unspecified atom stereocenters. The van der Waals surface area contributed by atoms with Crippen molar-refractivity contribution in [3.05, 3.63) is 52.7 Å². The molecule has 1 aromatic heterocycles. The number of aromatic nitrogens is 2. The Kier molecular flexibility index (Phi) is 3.81. The third kappa shape index (κ3) is 2.74. The average molecular weight is 348 g/mol. The van der Waals surface area contributed by atoms with Gasteiger partial charge in [-0.15, -0.1) is 0 Å². The lowest BCUT2D eigenvalue weighted by atomic mass is 10.2.